The normalized spacial score (nSPS) is 22.1. The molecular formula is C9H9ClO. The molecule has 0 bridgehead atoms. The molecular weight excluding hydrogens is 160 g/mol. The van der Waals surface area contributed by atoms with Gasteiger partial charge in [0.05, 0.1) is 5.38 Å². The lowest BCUT2D eigenvalue weighted by atomic mass is 10.1. The van der Waals surface area contributed by atoms with Gasteiger partial charge in [0.25, 0.3) is 0 Å². The minimum Gasteiger partial charge on any atom is -0.492 e. The number of rotatable bonds is 0. The molecule has 1 heterocycles. The lowest BCUT2D eigenvalue weighted by Crippen LogP contribution is -2.20. The summed E-state index contributed by atoms with van der Waals surface area (Å²) in [6.45, 7) is 0.637. The summed E-state index contributed by atoms with van der Waals surface area (Å²) in [5, 5.41) is 0.143. The van der Waals surface area contributed by atoms with Gasteiger partial charge in [0, 0.05) is 0 Å². The molecule has 0 radical (unpaired) electrons. The van der Waals surface area contributed by atoms with E-state index in [1.165, 1.54) is 5.56 Å². The van der Waals surface area contributed by atoms with E-state index >= 15 is 0 Å². The van der Waals surface area contributed by atoms with Crippen molar-refractivity contribution in [2.75, 3.05) is 6.61 Å². The van der Waals surface area contributed by atoms with Gasteiger partial charge >= 0.3 is 0 Å². The molecule has 0 saturated carbocycles. The summed E-state index contributed by atoms with van der Waals surface area (Å²) in [6.07, 6.45) is 0.928. The molecule has 1 atom stereocenters. The minimum atomic E-state index is 0.143. The first kappa shape index (κ1) is 6.99. The maximum Gasteiger partial charge on any atom is 0.122 e. The Morgan fingerprint density at radius 1 is 1.36 bits per heavy atom. The van der Waals surface area contributed by atoms with Crippen LogP contribution in [-0.4, -0.2) is 12.0 Å². The van der Waals surface area contributed by atoms with Crippen LogP contribution in [0.4, 0.5) is 0 Å². The van der Waals surface area contributed by atoms with Crippen molar-refractivity contribution in [1.82, 2.24) is 0 Å². The quantitative estimate of drug-likeness (QED) is 0.540. The molecule has 0 aromatic heterocycles. The van der Waals surface area contributed by atoms with Crippen molar-refractivity contribution in [1.29, 1.82) is 0 Å². The van der Waals surface area contributed by atoms with Crippen molar-refractivity contribution in [3.63, 3.8) is 0 Å². The highest BCUT2D eigenvalue weighted by atomic mass is 35.5. The molecule has 2 rings (SSSR count). The summed E-state index contributed by atoms with van der Waals surface area (Å²) in [6, 6.07) is 8.03. The SMILES string of the molecule is ClC1COc2ccccc2C1. The number of ether oxygens (including phenoxy) is 1. The van der Waals surface area contributed by atoms with E-state index in [-0.39, 0.29) is 5.38 Å². The number of hydrogen-bond donors (Lipinski definition) is 0. The van der Waals surface area contributed by atoms with Gasteiger partial charge in [-0.2, -0.15) is 0 Å². The van der Waals surface area contributed by atoms with E-state index in [0.29, 0.717) is 6.61 Å². The molecule has 1 aromatic rings. The third kappa shape index (κ3) is 1.33. The molecule has 1 aromatic carbocycles. The van der Waals surface area contributed by atoms with Crippen molar-refractivity contribution in [2.45, 2.75) is 11.8 Å². The predicted molar refractivity (Wildman–Crippen MR) is 45.3 cm³/mol. The van der Waals surface area contributed by atoms with Crippen LogP contribution in [0.25, 0.3) is 0 Å². The molecule has 58 valence electrons. The molecule has 2 heteroatoms. The zero-order valence-electron chi connectivity index (χ0n) is 6.09. The second-order valence-electron chi connectivity index (χ2n) is 2.72. The smallest absolute Gasteiger partial charge is 0.122 e. The van der Waals surface area contributed by atoms with Gasteiger partial charge < -0.3 is 4.74 Å². The molecule has 0 amide bonds. The Hall–Kier alpha value is -0.690. The maximum atomic E-state index is 5.92. The zero-order chi connectivity index (χ0) is 7.68. The van der Waals surface area contributed by atoms with Gasteiger partial charge in [-0.05, 0) is 18.1 Å². The number of fused-ring (bicyclic) bond motifs is 1. The van der Waals surface area contributed by atoms with Gasteiger partial charge in [0.15, 0.2) is 0 Å². The Morgan fingerprint density at radius 3 is 3.09 bits per heavy atom. The molecule has 0 aliphatic carbocycles. The second-order valence-corrected chi connectivity index (χ2v) is 3.34. The van der Waals surface area contributed by atoms with Gasteiger partial charge in [-0.25, -0.2) is 0 Å². The molecule has 0 saturated heterocycles. The third-order valence-electron chi connectivity index (χ3n) is 1.83. The molecule has 1 aliphatic heterocycles. The fraction of sp³-hybridized carbons (Fsp3) is 0.333. The van der Waals surface area contributed by atoms with Gasteiger partial charge in [-0.3, -0.25) is 0 Å². The molecule has 0 fully saturated rings. The van der Waals surface area contributed by atoms with Crippen LogP contribution in [-0.2, 0) is 6.42 Å². The van der Waals surface area contributed by atoms with E-state index in [4.69, 9.17) is 16.3 Å². The first-order chi connectivity index (χ1) is 5.36. The highest BCUT2D eigenvalue weighted by Gasteiger charge is 2.16. The number of benzene rings is 1. The number of halogens is 1. The van der Waals surface area contributed by atoms with E-state index in [0.717, 1.165) is 12.2 Å². The van der Waals surface area contributed by atoms with E-state index in [1.54, 1.807) is 0 Å². The summed E-state index contributed by atoms with van der Waals surface area (Å²) >= 11 is 5.92. The number of hydrogen-bond acceptors (Lipinski definition) is 1. The van der Waals surface area contributed by atoms with E-state index in [1.807, 2.05) is 18.2 Å². The fourth-order valence-corrected chi connectivity index (χ4v) is 1.52. The lowest BCUT2D eigenvalue weighted by Gasteiger charge is -2.20. The van der Waals surface area contributed by atoms with Crippen LogP contribution >= 0.6 is 11.6 Å². The Labute approximate surface area is 70.9 Å². The van der Waals surface area contributed by atoms with Crippen LogP contribution in [0.15, 0.2) is 24.3 Å². The molecule has 0 spiro atoms. The summed E-state index contributed by atoms with van der Waals surface area (Å²) in [7, 11) is 0. The van der Waals surface area contributed by atoms with Crippen molar-refractivity contribution < 1.29 is 4.74 Å². The average Bonchev–Trinajstić information content (AvgIpc) is 2.04. The molecule has 11 heavy (non-hydrogen) atoms. The highest BCUT2D eigenvalue weighted by molar-refractivity contribution is 6.21. The van der Waals surface area contributed by atoms with E-state index < -0.39 is 0 Å². The average molecular weight is 169 g/mol. The minimum absolute atomic E-state index is 0.143. The second kappa shape index (κ2) is 2.74. The van der Waals surface area contributed by atoms with E-state index in [9.17, 15) is 0 Å². The zero-order valence-corrected chi connectivity index (χ0v) is 6.84. The van der Waals surface area contributed by atoms with Gasteiger partial charge in [-0.1, -0.05) is 18.2 Å². The van der Waals surface area contributed by atoms with Crippen LogP contribution in [0.3, 0.4) is 0 Å². The first-order valence-corrected chi connectivity index (χ1v) is 4.14. The predicted octanol–water partition coefficient (Wildman–Crippen LogP) is 2.23. The molecule has 1 unspecified atom stereocenters. The van der Waals surface area contributed by atoms with Crippen LogP contribution < -0.4 is 4.74 Å². The highest BCUT2D eigenvalue weighted by Crippen LogP contribution is 2.25. The van der Waals surface area contributed by atoms with Crippen LogP contribution in [0.5, 0.6) is 5.75 Å². The monoisotopic (exact) mass is 168 g/mol. The Kier molecular flexibility index (Phi) is 1.74. The molecule has 1 nitrogen and oxygen atoms in total. The Balaban J connectivity index is 2.34. The fourth-order valence-electron chi connectivity index (χ4n) is 1.29. The number of para-hydroxylation sites is 1. The van der Waals surface area contributed by atoms with Crippen molar-refractivity contribution >= 4 is 11.6 Å². The summed E-state index contributed by atoms with van der Waals surface area (Å²) in [5.74, 6) is 0.990. The Morgan fingerprint density at radius 2 is 2.18 bits per heavy atom. The largest absolute Gasteiger partial charge is 0.492 e. The Bertz CT molecular complexity index is 259. The topological polar surface area (TPSA) is 9.23 Å². The molecule has 0 N–H and O–H groups in total. The first-order valence-electron chi connectivity index (χ1n) is 3.71. The standard InChI is InChI=1S/C9H9ClO/c10-8-5-7-3-1-2-4-9(7)11-6-8/h1-4,8H,5-6H2. The number of alkyl halides is 1. The van der Waals surface area contributed by atoms with Crippen molar-refractivity contribution in [3.8, 4) is 5.75 Å². The van der Waals surface area contributed by atoms with Gasteiger partial charge in [0.2, 0.25) is 0 Å². The summed E-state index contributed by atoms with van der Waals surface area (Å²) < 4.78 is 5.40. The van der Waals surface area contributed by atoms with Crippen molar-refractivity contribution in [2.24, 2.45) is 0 Å². The van der Waals surface area contributed by atoms with E-state index in [2.05, 4.69) is 6.07 Å². The maximum absolute atomic E-state index is 5.92. The third-order valence-corrected chi connectivity index (χ3v) is 2.11. The van der Waals surface area contributed by atoms with Gasteiger partial charge in [0.1, 0.15) is 12.4 Å². The summed E-state index contributed by atoms with van der Waals surface area (Å²) in [5.41, 5.74) is 1.22. The molecule has 1 aliphatic rings. The lowest BCUT2D eigenvalue weighted by molar-refractivity contribution is 0.292. The van der Waals surface area contributed by atoms with Gasteiger partial charge in [-0.15, -0.1) is 11.6 Å². The van der Waals surface area contributed by atoms with Crippen LogP contribution in [0, 0.1) is 0 Å². The van der Waals surface area contributed by atoms with Crippen molar-refractivity contribution in [3.05, 3.63) is 29.8 Å². The van der Waals surface area contributed by atoms with Crippen LogP contribution in [0.1, 0.15) is 5.56 Å². The summed E-state index contributed by atoms with van der Waals surface area (Å²) in [4.78, 5) is 0. The van der Waals surface area contributed by atoms with Crippen LogP contribution in [0.2, 0.25) is 0 Å².